The predicted molar refractivity (Wildman–Crippen MR) is 132 cm³/mol. The molecule has 2 aliphatic rings. The molecule has 3 aromatic carbocycles. The summed E-state index contributed by atoms with van der Waals surface area (Å²) in [6, 6.07) is 15.0. The van der Waals surface area contributed by atoms with Gasteiger partial charge in [-0.15, -0.1) is 0 Å². The Morgan fingerprint density at radius 2 is 1.53 bits per heavy atom. The van der Waals surface area contributed by atoms with Crippen molar-refractivity contribution in [3.63, 3.8) is 0 Å². The molecule has 0 spiro atoms. The molecule has 0 bridgehead atoms. The second-order valence-corrected chi connectivity index (χ2v) is 10.1. The van der Waals surface area contributed by atoms with E-state index in [1.165, 1.54) is 21.9 Å². The molecule has 6 rings (SSSR count). The molecule has 1 radical (unpaired) electrons. The maximum Gasteiger partial charge on any atom is 0.334 e. The molecular weight excluding hydrogens is 395 g/mol. The molecule has 2 aliphatic carbocycles. The standard InChI is InChI=1S/C28H26BO3/c1-27(2,30)28(3,4)32-29-23-14-8-12-19-22-15-21-17-10-6-5-9-16(17)18-11-7-13-20(24(18)21)25(22)31-26(19)23/h5-17,30H,1-4H3. The van der Waals surface area contributed by atoms with E-state index >= 15 is 0 Å². The van der Waals surface area contributed by atoms with Gasteiger partial charge in [-0.25, -0.2) is 0 Å². The van der Waals surface area contributed by atoms with Crippen LogP contribution in [0.2, 0.25) is 0 Å². The van der Waals surface area contributed by atoms with Gasteiger partial charge in [-0.1, -0.05) is 60.7 Å². The van der Waals surface area contributed by atoms with Gasteiger partial charge in [0.05, 0.1) is 11.2 Å². The van der Waals surface area contributed by atoms with Crippen molar-refractivity contribution in [1.29, 1.82) is 0 Å². The third-order valence-corrected chi connectivity index (χ3v) is 7.52. The molecule has 0 saturated heterocycles. The number of para-hydroxylation sites is 1. The minimum atomic E-state index is -0.984. The second kappa shape index (κ2) is 6.60. The van der Waals surface area contributed by atoms with Crippen LogP contribution in [0.15, 0.2) is 71.2 Å². The van der Waals surface area contributed by atoms with Crippen LogP contribution in [0.5, 0.6) is 0 Å². The summed E-state index contributed by atoms with van der Waals surface area (Å²) >= 11 is 0. The van der Waals surface area contributed by atoms with Crippen LogP contribution in [-0.2, 0) is 4.65 Å². The monoisotopic (exact) mass is 421 g/mol. The number of furan rings is 1. The van der Waals surface area contributed by atoms with Crippen molar-refractivity contribution in [1.82, 2.24) is 0 Å². The Balaban J connectivity index is 1.54. The van der Waals surface area contributed by atoms with Crippen LogP contribution >= 0.6 is 0 Å². The zero-order valence-electron chi connectivity index (χ0n) is 18.8. The summed E-state index contributed by atoms with van der Waals surface area (Å²) in [6.45, 7) is 7.29. The van der Waals surface area contributed by atoms with E-state index in [-0.39, 0.29) is 0 Å². The van der Waals surface area contributed by atoms with Gasteiger partial charge in [-0.2, -0.15) is 0 Å². The molecule has 0 fully saturated rings. The molecule has 3 nitrogen and oxygen atoms in total. The number of hydrogen-bond acceptors (Lipinski definition) is 3. The molecular formula is C28H26BO3. The highest BCUT2D eigenvalue weighted by Gasteiger charge is 2.36. The van der Waals surface area contributed by atoms with E-state index in [1.807, 2.05) is 26.0 Å². The van der Waals surface area contributed by atoms with E-state index in [0.717, 1.165) is 27.4 Å². The summed E-state index contributed by atoms with van der Waals surface area (Å²) in [6.07, 6.45) is 8.95. The summed E-state index contributed by atoms with van der Waals surface area (Å²) in [5.41, 5.74) is 3.65. The van der Waals surface area contributed by atoms with Gasteiger partial charge >= 0.3 is 7.48 Å². The number of rotatable bonds is 4. The molecule has 2 atom stereocenters. The van der Waals surface area contributed by atoms with E-state index in [1.54, 1.807) is 21.3 Å². The highest BCUT2D eigenvalue weighted by Crippen LogP contribution is 2.52. The summed E-state index contributed by atoms with van der Waals surface area (Å²) in [4.78, 5) is 0. The molecule has 32 heavy (non-hydrogen) atoms. The first-order chi connectivity index (χ1) is 15.3. The minimum absolute atomic E-state index is 0.375. The van der Waals surface area contributed by atoms with E-state index < -0.39 is 11.2 Å². The summed E-state index contributed by atoms with van der Waals surface area (Å²) in [7, 11) is 1.72. The Bertz CT molecular complexity index is 1450. The average molecular weight is 421 g/mol. The number of aliphatic hydroxyl groups is 1. The summed E-state index contributed by atoms with van der Waals surface area (Å²) < 4.78 is 12.6. The van der Waals surface area contributed by atoms with Crippen molar-refractivity contribution in [3.05, 3.63) is 77.9 Å². The number of hydrogen-bond donors (Lipinski definition) is 1. The molecule has 4 heteroatoms. The fourth-order valence-corrected chi connectivity index (χ4v) is 5.00. The zero-order valence-corrected chi connectivity index (χ0v) is 18.8. The minimum Gasteiger partial charge on any atom is -0.456 e. The van der Waals surface area contributed by atoms with Crippen molar-refractivity contribution in [3.8, 4) is 0 Å². The van der Waals surface area contributed by atoms with Crippen LogP contribution in [-0.4, -0.2) is 23.8 Å². The number of fused-ring (bicyclic) bond motifs is 7. The Hall–Kier alpha value is -2.82. The Labute approximate surface area is 188 Å². The Kier molecular flexibility index (Phi) is 4.09. The van der Waals surface area contributed by atoms with E-state index in [4.69, 9.17) is 9.07 Å². The van der Waals surface area contributed by atoms with Crippen LogP contribution in [0.1, 0.15) is 50.7 Å². The molecule has 2 unspecified atom stereocenters. The second-order valence-electron chi connectivity index (χ2n) is 10.1. The van der Waals surface area contributed by atoms with Gasteiger partial charge in [0.25, 0.3) is 0 Å². The quantitative estimate of drug-likeness (QED) is 0.420. The smallest absolute Gasteiger partial charge is 0.334 e. The first-order valence-corrected chi connectivity index (χ1v) is 11.3. The van der Waals surface area contributed by atoms with Gasteiger partial charge in [-0.05, 0) is 55.7 Å². The zero-order chi connectivity index (χ0) is 22.3. The highest BCUT2D eigenvalue weighted by atomic mass is 16.5. The third kappa shape index (κ3) is 2.69. The first kappa shape index (κ1) is 19.8. The topological polar surface area (TPSA) is 42.6 Å². The van der Waals surface area contributed by atoms with Crippen LogP contribution in [0.25, 0.3) is 32.7 Å². The highest BCUT2D eigenvalue weighted by molar-refractivity contribution is 6.51. The largest absolute Gasteiger partial charge is 0.456 e. The molecule has 0 saturated carbocycles. The van der Waals surface area contributed by atoms with Crippen molar-refractivity contribution >= 4 is 45.7 Å². The van der Waals surface area contributed by atoms with E-state index in [2.05, 4.69) is 54.6 Å². The SMILES string of the molecule is CC(C)(O)C(C)(C)O[B]c1cccc2c1oc1c3cccc4c3c(cc21)C1C=CC=CC41. The normalized spacial score (nSPS) is 19.9. The lowest BCUT2D eigenvalue weighted by atomic mass is 9.82. The van der Waals surface area contributed by atoms with Gasteiger partial charge in [0.15, 0.2) is 0 Å². The number of allylic oxidation sites excluding steroid dienone is 4. The fraction of sp³-hybridized carbons (Fsp3) is 0.286. The predicted octanol–water partition coefficient (Wildman–Crippen LogP) is 5.86. The lowest BCUT2D eigenvalue weighted by Gasteiger charge is -2.37. The molecule has 1 N–H and O–H groups in total. The molecule has 0 amide bonds. The van der Waals surface area contributed by atoms with Gasteiger partial charge in [-0.3, -0.25) is 0 Å². The van der Waals surface area contributed by atoms with Gasteiger partial charge < -0.3 is 14.2 Å². The van der Waals surface area contributed by atoms with Gasteiger partial charge in [0.1, 0.15) is 11.2 Å². The van der Waals surface area contributed by atoms with E-state index in [9.17, 15) is 5.11 Å². The van der Waals surface area contributed by atoms with Crippen LogP contribution in [0.3, 0.4) is 0 Å². The molecule has 4 aromatic rings. The molecule has 0 aliphatic heterocycles. The van der Waals surface area contributed by atoms with Crippen molar-refractivity contribution in [2.75, 3.05) is 0 Å². The Morgan fingerprint density at radius 1 is 0.844 bits per heavy atom. The van der Waals surface area contributed by atoms with Crippen LogP contribution in [0, 0.1) is 0 Å². The first-order valence-electron chi connectivity index (χ1n) is 11.3. The summed E-state index contributed by atoms with van der Waals surface area (Å²) in [5.74, 6) is 0.776. The lowest BCUT2D eigenvalue weighted by molar-refractivity contribution is -0.0893. The van der Waals surface area contributed by atoms with Crippen molar-refractivity contribution < 1.29 is 14.2 Å². The Morgan fingerprint density at radius 3 is 2.28 bits per heavy atom. The van der Waals surface area contributed by atoms with Crippen LogP contribution < -0.4 is 5.46 Å². The van der Waals surface area contributed by atoms with E-state index in [0.29, 0.717) is 11.8 Å². The van der Waals surface area contributed by atoms with Gasteiger partial charge in [0, 0.05) is 28.0 Å². The summed E-state index contributed by atoms with van der Waals surface area (Å²) in [5, 5.41) is 15.2. The third-order valence-electron chi connectivity index (χ3n) is 7.52. The van der Waals surface area contributed by atoms with Crippen molar-refractivity contribution in [2.45, 2.75) is 50.7 Å². The maximum atomic E-state index is 10.4. The average Bonchev–Trinajstić information content (AvgIpc) is 3.30. The van der Waals surface area contributed by atoms with Gasteiger partial charge in [0.2, 0.25) is 0 Å². The maximum absolute atomic E-state index is 10.4. The lowest BCUT2D eigenvalue weighted by Crippen LogP contribution is -2.49. The fourth-order valence-electron chi connectivity index (χ4n) is 5.00. The van der Waals surface area contributed by atoms with Crippen LogP contribution in [0.4, 0.5) is 0 Å². The van der Waals surface area contributed by atoms with Crippen molar-refractivity contribution in [2.24, 2.45) is 0 Å². The molecule has 1 heterocycles. The molecule has 1 aromatic heterocycles. The molecule has 159 valence electrons. The number of benzene rings is 3.